The van der Waals surface area contributed by atoms with E-state index in [-0.39, 0.29) is 5.82 Å². The number of hydrogen-bond acceptors (Lipinski definition) is 6. The summed E-state index contributed by atoms with van der Waals surface area (Å²) in [5.41, 5.74) is 7.79. The predicted octanol–water partition coefficient (Wildman–Crippen LogP) is 1.90. The Hall–Kier alpha value is -2.63. The average Bonchev–Trinajstić information content (AvgIpc) is 2.37. The minimum atomic E-state index is -0.570. The first-order chi connectivity index (χ1) is 9.08. The van der Waals surface area contributed by atoms with E-state index in [0.717, 1.165) is 5.69 Å². The summed E-state index contributed by atoms with van der Waals surface area (Å²) in [6, 6.07) is 8.97. The van der Waals surface area contributed by atoms with Crippen LogP contribution in [-0.2, 0) is 4.74 Å². The molecule has 0 amide bonds. The summed E-state index contributed by atoms with van der Waals surface area (Å²) in [7, 11) is 1.29. The van der Waals surface area contributed by atoms with Crippen LogP contribution in [0.25, 0.3) is 0 Å². The molecule has 1 aromatic heterocycles. The molecule has 0 spiro atoms. The SMILES string of the molecule is COC(=O)c1nc(C)cc(Nc2cccc(N)c2)n1. The number of carbonyl (C=O) groups excluding carboxylic acids is 1. The van der Waals surface area contributed by atoms with Crippen molar-refractivity contribution in [1.82, 2.24) is 9.97 Å². The van der Waals surface area contributed by atoms with Crippen molar-refractivity contribution < 1.29 is 9.53 Å². The fourth-order valence-corrected chi connectivity index (χ4v) is 1.58. The number of rotatable bonds is 3. The Morgan fingerprint density at radius 2 is 2.11 bits per heavy atom. The Balaban J connectivity index is 2.30. The molecule has 1 aromatic carbocycles. The van der Waals surface area contributed by atoms with Gasteiger partial charge in [-0.05, 0) is 25.1 Å². The van der Waals surface area contributed by atoms with Crippen molar-refractivity contribution in [2.24, 2.45) is 0 Å². The third-order valence-corrected chi connectivity index (χ3v) is 2.38. The van der Waals surface area contributed by atoms with Gasteiger partial charge >= 0.3 is 5.97 Å². The number of nitrogens with one attached hydrogen (secondary N) is 1. The van der Waals surface area contributed by atoms with Gasteiger partial charge in [-0.25, -0.2) is 14.8 Å². The molecule has 0 unspecified atom stereocenters. The molecule has 0 bridgehead atoms. The van der Waals surface area contributed by atoms with Crippen molar-refractivity contribution in [1.29, 1.82) is 0 Å². The minimum absolute atomic E-state index is 0.0221. The number of esters is 1. The zero-order chi connectivity index (χ0) is 13.8. The van der Waals surface area contributed by atoms with E-state index in [1.165, 1.54) is 7.11 Å². The maximum absolute atomic E-state index is 11.4. The number of anilines is 3. The summed E-state index contributed by atoms with van der Waals surface area (Å²) < 4.78 is 4.60. The summed E-state index contributed by atoms with van der Waals surface area (Å²) in [4.78, 5) is 19.5. The highest BCUT2D eigenvalue weighted by Gasteiger charge is 2.11. The van der Waals surface area contributed by atoms with Crippen LogP contribution in [0, 0.1) is 6.92 Å². The second-order valence-corrected chi connectivity index (χ2v) is 3.96. The molecule has 0 aliphatic heterocycles. The Labute approximate surface area is 110 Å². The first kappa shape index (κ1) is 12.8. The molecule has 0 fully saturated rings. The fourth-order valence-electron chi connectivity index (χ4n) is 1.58. The van der Waals surface area contributed by atoms with Crippen LogP contribution < -0.4 is 11.1 Å². The lowest BCUT2D eigenvalue weighted by molar-refractivity contribution is 0.0586. The number of aromatic nitrogens is 2. The second-order valence-electron chi connectivity index (χ2n) is 3.96. The van der Waals surface area contributed by atoms with Gasteiger partial charge in [0, 0.05) is 23.1 Å². The van der Waals surface area contributed by atoms with Crippen molar-refractivity contribution in [2.45, 2.75) is 6.92 Å². The summed E-state index contributed by atoms with van der Waals surface area (Å²) in [5.74, 6) is -0.0354. The standard InChI is InChI=1S/C13H14N4O2/c1-8-6-11(17-12(15-8)13(18)19-2)16-10-5-3-4-9(14)7-10/h3-7H,14H2,1-2H3,(H,15,16,17). The molecule has 0 radical (unpaired) electrons. The molecule has 6 nitrogen and oxygen atoms in total. The van der Waals surface area contributed by atoms with Gasteiger partial charge in [-0.2, -0.15) is 0 Å². The van der Waals surface area contributed by atoms with Crippen LogP contribution >= 0.6 is 0 Å². The topological polar surface area (TPSA) is 90.1 Å². The van der Waals surface area contributed by atoms with Crippen molar-refractivity contribution >= 4 is 23.2 Å². The number of benzene rings is 1. The van der Waals surface area contributed by atoms with Crippen LogP contribution in [0.3, 0.4) is 0 Å². The first-order valence-electron chi connectivity index (χ1n) is 5.65. The predicted molar refractivity (Wildman–Crippen MR) is 72.2 cm³/mol. The minimum Gasteiger partial charge on any atom is -0.463 e. The monoisotopic (exact) mass is 258 g/mol. The van der Waals surface area contributed by atoms with Gasteiger partial charge in [-0.3, -0.25) is 0 Å². The lowest BCUT2D eigenvalue weighted by Crippen LogP contribution is -2.10. The Bertz CT molecular complexity index is 613. The normalized spacial score (nSPS) is 10.0. The van der Waals surface area contributed by atoms with Crippen LogP contribution in [0.5, 0.6) is 0 Å². The van der Waals surface area contributed by atoms with E-state index < -0.39 is 5.97 Å². The largest absolute Gasteiger partial charge is 0.463 e. The maximum atomic E-state index is 11.4. The van der Waals surface area contributed by atoms with Gasteiger partial charge in [0.1, 0.15) is 5.82 Å². The van der Waals surface area contributed by atoms with E-state index >= 15 is 0 Å². The summed E-state index contributed by atoms with van der Waals surface area (Å²) in [5, 5.41) is 3.07. The van der Waals surface area contributed by atoms with Gasteiger partial charge in [0.15, 0.2) is 0 Å². The highest BCUT2D eigenvalue weighted by molar-refractivity contribution is 5.85. The highest BCUT2D eigenvalue weighted by Crippen LogP contribution is 2.17. The summed E-state index contributed by atoms with van der Waals surface area (Å²) in [6.45, 7) is 1.78. The van der Waals surface area contributed by atoms with Crippen LogP contribution in [0.4, 0.5) is 17.2 Å². The number of ether oxygens (including phenoxy) is 1. The van der Waals surface area contributed by atoms with Crippen molar-refractivity contribution in [3.05, 3.63) is 41.9 Å². The fraction of sp³-hybridized carbons (Fsp3) is 0.154. The Morgan fingerprint density at radius 1 is 1.32 bits per heavy atom. The number of nitrogens with zero attached hydrogens (tertiary/aromatic N) is 2. The van der Waals surface area contributed by atoms with E-state index in [9.17, 15) is 4.79 Å². The second kappa shape index (κ2) is 5.34. The molecule has 0 aliphatic rings. The number of methoxy groups -OCH3 is 1. The van der Waals surface area contributed by atoms with Crippen LogP contribution in [0.2, 0.25) is 0 Å². The molecule has 6 heteroatoms. The molecule has 3 N–H and O–H groups in total. The maximum Gasteiger partial charge on any atom is 0.376 e. The summed E-state index contributed by atoms with van der Waals surface area (Å²) in [6.07, 6.45) is 0. The molecule has 19 heavy (non-hydrogen) atoms. The number of nitrogens with two attached hydrogens (primary N) is 1. The van der Waals surface area contributed by atoms with Crippen LogP contribution in [0.15, 0.2) is 30.3 Å². The zero-order valence-electron chi connectivity index (χ0n) is 10.7. The third kappa shape index (κ3) is 3.19. The lowest BCUT2D eigenvalue weighted by Gasteiger charge is -2.08. The molecular formula is C13H14N4O2. The molecule has 98 valence electrons. The van der Waals surface area contributed by atoms with Gasteiger partial charge in [0.05, 0.1) is 7.11 Å². The third-order valence-electron chi connectivity index (χ3n) is 2.38. The molecule has 0 saturated heterocycles. The number of carbonyl (C=O) groups is 1. The number of nitrogen functional groups attached to an aromatic ring is 1. The highest BCUT2D eigenvalue weighted by atomic mass is 16.5. The number of aryl methyl sites for hydroxylation is 1. The van der Waals surface area contributed by atoms with E-state index in [4.69, 9.17) is 5.73 Å². The molecule has 2 rings (SSSR count). The molecule has 0 saturated carbocycles. The van der Waals surface area contributed by atoms with Crippen molar-refractivity contribution in [2.75, 3.05) is 18.2 Å². The van der Waals surface area contributed by atoms with Gasteiger partial charge < -0.3 is 15.8 Å². The zero-order valence-corrected chi connectivity index (χ0v) is 10.7. The average molecular weight is 258 g/mol. The number of hydrogen-bond donors (Lipinski definition) is 2. The Kier molecular flexibility index (Phi) is 3.61. The summed E-state index contributed by atoms with van der Waals surface area (Å²) >= 11 is 0. The van der Waals surface area contributed by atoms with Gasteiger partial charge in [-0.15, -0.1) is 0 Å². The van der Waals surface area contributed by atoms with Gasteiger partial charge in [0.2, 0.25) is 5.82 Å². The van der Waals surface area contributed by atoms with Crippen molar-refractivity contribution in [3.63, 3.8) is 0 Å². The van der Waals surface area contributed by atoms with Gasteiger partial charge in [-0.1, -0.05) is 6.07 Å². The van der Waals surface area contributed by atoms with E-state index in [1.54, 1.807) is 25.1 Å². The van der Waals surface area contributed by atoms with Crippen LogP contribution in [0.1, 0.15) is 16.3 Å². The lowest BCUT2D eigenvalue weighted by atomic mass is 10.3. The Morgan fingerprint density at radius 3 is 2.79 bits per heavy atom. The molecule has 0 aliphatic carbocycles. The van der Waals surface area contributed by atoms with E-state index in [1.807, 2.05) is 12.1 Å². The smallest absolute Gasteiger partial charge is 0.376 e. The van der Waals surface area contributed by atoms with Gasteiger partial charge in [0.25, 0.3) is 0 Å². The van der Waals surface area contributed by atoms with Crippen molar-refractivity contribution in [3.8, 4) is 0 Å². The molecular weight excluding hydrogens is 244 g/mol. The molecule has 0 atom stereocenters. The van der Waals surface area contributed by atoms with Crippen LogP contribution in [-0.4, -0.2) is 23.0 Å². The van der Waals surface area contributed by atoms with E-state index in [0.29, 0.717) is 17.2 Å². The first-order valence-corrected chi connectivity index (χ1v) is 5.65. The molecule has 2 aromatic rings. The quantitative estimate of drug-likeness (QED) is 0.645. The van der Waals surface area contributed by atoms with E-state index in [2.05, 4.69) is 20.0 Å². The molecule has 1 heterocycles.